The van der Waals surface area contributed by atoms with Gasteiger partial charge in [-0.25, -0.2) is 4.98 Å². The van der Waals surface area contributed by atoms with Crippen LogP contribution in [-0.4, -0.2) is 20.7 Å². The first kappa shape index (κ1) is 13.1. The second-order valence-corrected chi connectivity index (χ2v) is 4.47. The number of rotatable bonds is 5. The zero-order valence-corrected chi connectivity index (χ0v) is 11.4. The molecule has 0 saturated heterocycles. The molecule has 0 aliphatic rings. The summed E-state index contributed by atoms with van der Waals surface area (Å²) in [5.41, 5.74) is 5.03. The van der Waals surface area contributed by atoms with Gasteiger partial charge in [0.25, 0.3) is 0 Å². The highest BCUT2D eigenvalue weighted by Gasteiger charge is 2.12. The molecule has 3 aromatic rings. The molecule has 5 nitrogen and oxygen atoms in total. The number of nitrogens with one attached hydrogen (secondary N) is 1. The van der Waals surface area contributed by atoms with Gasteiger partial charge in [0, 0.05) is 18.6 Å². The molecule has 0 saturated carbocycles. The van der Waals surface area contributed by atoms with Crippen LogP contribution < -0.4 is 5.43 Å². The first-order chi connectivity index (χ1) is 10.4. The lowest BCUT2D eigenvalue weighted by molar-refractivity contribution is 0.473. The molecule has 0 radical (unpaired) electrons. The number of hydrogen-bond acceptors (Lipinski definition) is 4. The fourth-order valence-corrected chi connectivity index (χ4v) is 1.97. The number of nitrogens with zero attached hydrogens (tertiary/aromatic N) is 4. The normalized spacial score (nSPS) is 12.4. The first-order valence-corrected chi connectivity index (χ1v) is 6.65. The maximum Gasteiger partial charge on any atom is 0.163 e. The SMILES string of the molecule is C(=NNC(c1ccccn1)n1ccnc1)c1ccccc1. The van der Waals surface area contributed by atoms with Crippen LogP contribution in [0.5, 0.6) is 0 Å². The highest BCUT2D eigenvalue weighted by molar-refractivity contribution is 5.79. The zero-order chi connectivity index (χ0) is 14.3. The van der Waals surface area contributed by atoms with E-state index in [1.54, 1.807) is 24.9 Å². The summed E-state index contributed by atoms with van der Waals surface area (Å²) in [6.07, 6.45) is 8.72. The second-order valence-electron chi connectivity index (χ2n) is 4.47. The molecule has 1 atom stereocenters. The lowest BCUT2D eigenvalue weighted by Gasteiger charge is -2.17. The Kier molecular flexibility index (Phi) is 4.02. The standard InChI is InChI=1S/C16H15N5/c1-2-6-14(7-3-1)12-19-20-16(21-11-10-17-13-21)15-8-4-5-9-18-15/h1-13,16,20H. The van der Waals surface area contributed by atoms with Crippen molar-refractivity contribution in [1.29, 1.82) is 0 Å². The molecule has 21 heavy (non-hydrogen) atoms. The van der Waals surface area contributed by atoms with Crippen molar-refractivity contribution in [3.8, 4) is 0 Å². The Bertz CT molecular complexity index is 677. The third kappa shape index (κ3) is 3.33. The van der Waals surface area contributed by atoms with Crippen molar-refractivity contribution in [2.45, 2.75) is 6.17 Å². The molecule has 0 amide bonds. The lowest BCUT2D eigenvalue weighted by Crippen LogP contribution is -2.23. The van der Waals surface area contributed by atoms with Crippen molar-refractivity contribution in [2.75, 3.05) is 0 Å². The van der Waals surface area contributed by atoms with E-state index in [0.717, 1.165) is 11.3 Å². The summed E-state index contributed by atoms with van der Waals surface area (Å²) in [6.45, 7) is 0. The van der Waals surface area contributed by atoms with E-state index in [2.05, 4.69) is 20.5 Å². The van der Waals surface area contributed by atoms with Crippen molar-refractivity contribution in [1.82, 2.24) is 20.0 Å². The Morgan fingerprint density at radius 1 is 1.05 bits per heavy atom. The summed E-state index contributed by atoms with van der Waals surface area (Å²) in [6, 6.07) is 15.7. The molecule has 104 valence electrons. The van der Waals surface area contributed by atoms with Crippen molar-refractivity contribution < 1.29 is 0 Å². The molecule has 0 aliphatic carbocycles. The lowest BCUT2D eigenvalue weighted by atomic mass is 10.2. The van der Waals surface area contributed by atoms with Crippen LogP contribution >= 0.6 is 0 Å². The van der Waals surface area contributed by atoms with Gasteiger partial charge in [-0.05, 0) is 17.7 Å². The highest BCUT2D eigenvalue weighted by Crippen LogP contribution is 2.12. The van der Waals surface area contributed by atoms with Crippen LogP contribution in [0.25, 0.3) is 0 Å². The molecule has 1 N–H and O–H groups in total. The smallest absolute Gasteiger partial charge is 0.163 e. The summed E-state index contributed by atoms with van der Waals surface area (Å²) in [5.74, 6) is 0. The monoisotopic (exact) mass is 277 g/mol. The summed E-state index contributed by atoms with van der Waals surface area (Å²) in [4.78, 5) is 8.45. The van der Waals surface area contributed by atoms with Crippen LogP contribution in [0, 0.1) is 0 Å². The van der Waals surface area contributed by atoms with E-state index >= 15 is 0 Å². The summed E-state index contributed by atoms with van der Waals surface area (Å²) < 4.78 is 1.92. The van der Waals surface area contributed by atoms with Crippen molar-refractivity contribution in [3.05, 3.63) is 84.7 Å². The van der Waals surface area contributed by atoms with Gasteiger partial charge in [0.15, 0.2) is 6.17 Å². The molecular formula is C16H15N5. The fraction of sp³-hybridized carbons (Fsp3) is 0.0625. The highest BCUT2D eigenvalue weighted by atomic mass is 15.4. The van der Waals surface area contributed by atoms with Crippen LogP contribution in [0.1, 0.15) is 17.4 Å². The number of pyridine rings is 1. The van der Waals surface area contributed by atoms with Gasteiger partial charge in [-0.15, -0.1) is 0 Å². The van der Waals surface area contributed by atoms with Crippen LogP contribution in [-0.2, 0) is 0 Å². The Balaban J connectivity index is 1.79. The molecule has 0 aliphatic heterocycles. The predicted molar refractivity (Wildman–Crippen MR) is 81.8 cm³/mol. The molecule has 0 bridgehead atoms. The van der Waals surface area contributed by atoms with E-state index in [9.17, 15) is 0 Å². The molecular weight excluding hydrogens is 262 g/mol. The Morgan fingerprint density at radius 3 is 2.62 bits per heavy atom. The Labute approximate surface area is 123 Å². The number of hydrazone groups is 1. The van der Waals surface area contributed by atoms with Gasteiger partial charge in [-0.3, -0.25) is 10.4 Å². The molecule has 2 aromatic heterocycles. The van der Waals surface area contributed by atoms with E-state index in [1.807, 2.05) is 59.3 Å². The van der Waals surface area contributed by atoms with Gasteiger partial charge in [0.2, 0.25) is 0 Å². The average Bonchev–Trinajstić information content (AvgIpc) is 3.07. The molecule has 3 rings (SSSR count). The first-order valence-electron chi connectivity index (χ1n) is 6.65. The Hall–Kier alpha value is -2.95. The van der Waals surface area contributed by atoms with Crippen molar-refractivity contribution in [3.63, 3.8) is 0 Å². The zero-order valence-electron chi connectivity index (χ0n) is 11.4. The van der Waals surface area contributed by atoms with E-state index < -0.39 is 0 Å². The maximum atomic E-state index is 4.38. The van der Waals surface area contributed by atoms with E-state index in [4.69, 9.17) is 0 Å². The van der Waals surface area contributed by atoms with Crippen LogP contribution in [0.3, 0.4) is 0 Å². The van der Waals surface area contributed by atoms with Crippen molar-refractivity contribution in [2.24, 2.45) is 5.10 Å². The minimum absolute atomic E-state index is 0.186. The Morgan fingerprint density at radius 2 is 1.90 bits per heavy atom. The van der Waals surface area contributed by atoms with Crippen LogP contribution in [0.2, 0.25) is 0 Å². The molecule has 2 heterocycles. The maximum absolute atomic E-state index is 4.38. The quantitative estimate of drug-likeness (QED) is 0.575. The molecule has 0 spiro atoms. The van der Waals surface area contributed by atoms with E-state index in [-0.39, 0.29) is 6.17 Å². The van der Waals surface area contributed by atoms with E-state index in [1.165, 1.54) is 0 Å². The minimum atomic E-state index is -0.186. The van der Waals surface area contributed by atoms with Gasteiger partial charge < -0.3 is 4.57 Å². The summed E-state index contributed by atoms with van der Waals surface area (Å²) >= 11 is 0. The largest absolute Gasteiger partial charge is 0.310 e. The second kappa shape index (κ2) is 6.47. The number of aromatic nitrogens is 3. The van der Waals surface area contributed by atoms with Gasteiger partial charge in [-0.1, -0.05) is 36.4 Å². The third-order valence-corrected chi connectivity index (χ3v) is 3.00. The molecule has 0 fully saturated rings. The van der Waals surface area contributed by atoms with Crippen molar-refractivity contribution >= 4 is 6.21 Å². The fourth-order valence-electron chi connectivity index (χ4n) is 1.97. The van der Waals surface area contributed by atoms with Crippen LogP contribution in [0.15, 0.2) is 78.6 Å². The molecule has 5 heteroatoms. The number of imidazole rings is 1. The molecule has 1 aromatic carbocycles. The summed E-state index contributed by atoms with van der Waals surface area (Å²) in [5, 5.41) is 4.31. The topological polar surface area (TPSA) is 55.1 Å². The van der Waals surface area contributed by atoms with Gasteiger partial charge in [0.1, 0.15) is 0 Å². The van der Waals surface area contributed by atoms with Gasteiger partial charge >= 0.3 is 0 Å². The van der Waals surface area contributed by atoms with Gasteiger partial charge in [0.05, 0.1) is 18.2 Å². The van der Waals surface area contributed by atoms with Crippen LogP contribution in [0.4, 0.5) is 0 Å². The number of benzene rings is 1. The predicted octanol–water partition coefficient (Wildman–Crippen LogP) is 2.45. The third-order valence-electron chi connectivity index (χ3n) is 3.00. The molecule has 1 unspecified atom stereocenters. The van der Waals surface area contributed by atoms with E-state index in [0.29, 0.717) is 0 Å². The minimum Gasteiger partial charge on any atom is -0.310 e. The van der Waals surface area contributed by atoms with Gasteiger partial charge in [-0.2, -0.15) is 5.10 Å². The number of hydrogen-bond donors (Lipinski definition) is 1. The summed E-state index contributed by atoms with van der Waals surface area (Å²) in [7, 11) is 0. The average molecular weight is 277 g/mol.